The van der Waals surface area contributed by atoms with Gasteiger partial charge in [-0.1, -0.05) is 50.6 Å². The van der Waals surface area contributed by atoms with Gasteiger partial charge >= 0.3 is 0 Å². The molecule has 0 spiro atoms. The average molecular weight is 299 g/mol. The zero-order chi connectivity index (χ0) is 14.6. The van der Waals surface area contributed by atoms with Gasteiger partial charge in [0.05, 0.1) is 17.3 Å². The van der Waals surface area contributed by atoms with Crippen LogP contribution in [-0.4, -0.2) is 18.1 Å². The van der Waals surface area contributed by atoms with Crippen molar-refractivity contribution in [1.29, 1.82) is 0 Å². The first-order valence-electron chi connectivity index (χ1n) is 7.75. The molecule has 114 valence electrons. The summed E-state index contributed by atoms with van der Waals surface area (Å²) < 4.78 is 5.67. The van der Waals surface area contributed by atoms with Crippen molar-refractivity contribution in [3.63, 3.8) is 0 Å². The summed E-state index contributed by atoms with van der Waals surface area (Å²) in [5, 5.41) is 3.86. The Morgan fingerprint density at radius 2 is 1.85 bits per heavy atom. The molecule has 0 aromatic carbocycles. The van der Waals surface area contributed by atoms with Crippen molar-refractivity contribution in [2.75, 3.05) is 18.5 Å². The fraction of sp³-hybridized carbons (Fsp3) is 0.688. The molecule has 0 amide bonds. The number of halogens is 1. The van der Waals surface area contributed by atoms with Gasteiger partial charge in [-0.25, -0.2) is 4.98 Å². The number of anilines is 1. The molecule has 1 aromatic heterocycles. The highest BCUT2D eigenvalue weighted by atomic mass is 35.5. The third-order valence-corrected chi connectivity index (χ3v) is 3.50. The van der Waals surface area contributed by atoms with E-state index in [1.54, 1.807) is 0 Å². The third-order valence-electron chi connectivity index (χ3n) is 3.16. The van der Waals surface area contributed by atoms with Crippen molar-refractivity contribution >= 4 is 17.4 Å². The second-order valence-corrected chi connectivity index (χ2v) is 5.38. The van der Waals surface area contributed by atoms with Gasteiger partial charge in [0.25, 0.3) is 0 Å². The molecule has 3 nitrogen and oxygen atoms in total. The fourth-order valence-electron chi connectivity index (χ4n) is 2.02. The molecular weight excluding hydrogens is 272 g/mol. The molecule has 0 radical (unpaired) electrons. The largest absolute Gasteiger partial charge is 0.375 e. The SMILES string of the molecule is CCCCCCCCOCc1nc(NCC)ccc1Cl. The number of nitrogens with one attached hydrogen (secondary N) is 1. The molecule has 0 saturated heterocycles. The highest BCUT2D eigenvalue weighted by molar-refractivity contribution is 6.31. The number of hydrogen-bond donors (Lipinski definition) is 1. The van der Waals surface area contributed by atoms with Crippen LogP contribution in [0.3, 0.4) is 0 Å². The minimum atomic E-state index is 0.493. The molecule has 1 aromatic rings. The zero-order valence-electron chi connectivity index (χ0n) is 12.8. The molecular formula is C16H27ClN2O. The van der Waals surface area contributed by atoms with Gasteiger partial charge in [0.1, 0.15) is 5.82 Å². The Morgan fingerprint density at radius 3 is 2.60 bits per heavy atom. The van der Waals surface area contributed by atoms with E-state index >= 15 is 0 Å². The van der Waals surface area contributed by atoms with Gasteiger partial charge in [-0.2, -0.15) is 0 Å². The molecule has 20 heavy (non-hydrogen) atoms. The zero-order valence-corrected chi connectivity index (χ0v) is 13.5. The number of rotatable bonds is 11. The van der Waals surface area contributed by atoms with Crippen LogP contribution in [0.2, 0.25) is 5.02 Å². The topological polar surface area (TPSA) is 34.1 Å². The van der Waals surface area contributed by atoms with E-state index in [9.17, 15) is 0 Å². The third kappa shape index (κ3) is 7.11. The van der Waals surface area contributed by atoms with Gasteiger partial charge in [0.15, 0.2) is 0 Å². The first-order valence-corrected chi connectivity index (χ1v) is 8.12. The molecule has 0 atom stereocenters. The lowest BCUT2D eigenvalue weighted by atomic mass is 10.1. The van der Waals surface area contributed by atoms with E-state index in [0.29, 0.717) is 11.6 Å². The summed E-state index contributed by atoms with van der Waals surface area (Å²) in [7, 11) is 0. The minimum absolute atomic E-state index is 0.493. The van der Waals surface area contributed by atoms with Crippen molar-refractivity contribution in [1.82, 2.24) is 4.98 Å². The van der Waals surface area contributed by atoms with Crippen LogP contribution in [-0.2, 0) is 11.3 Å². The minimum Gasteiger partial charge on any atom is -0.375 e. The predicted octanol–water partition coefficient (Wildman–Crippen LogP) is 5.04. The van der Waals surface area contributed by atoms with Crippen molar-refractivity contribution in [2.45, 2.75) is 59.0 Å². The molecule has 0 saturated carbocycles. The van der Waals surface area contributed by atoms with Gasteiger partial charge in [-0.15, -0.1) is 0 Å². The van der Waals surface area contributed by atoms with Gasteiger partial charge in [-0.3, -0.25) is 0 Å². The Balaban J connectivity index is 2.19. The average Bonchev–Trinajstić information content (AvgIpc) is 2.45. The molecule has 4 heteroatoms. The fourth-order valence-corrected chi connectivity index (χ4v) is 2.18. The molecule has 0 unspecified atom stereocenters. The van der Waals surface area contributed by atoms with E-state index in [-0.39, 0.29) is 0 Å². The monoisotopic (exact) mass is 298 g/mol. The Hall–Kier alpha value is -0.800. The second-order valence-electron chi connectivity index (χ2n) is 4.98. The number of aromatic nitrogens is 1. The smallest absolute Gasteiger partial charge is 0.126 e. The normalized spacial score (nSPS) is 10.8. The second kappa shape index (κ2) is 10.9. The summed E-state index contributed by atoms with van der Waals surface area (Å²) >= 11 is 6.12. The highest BCUT2D eigenvalue weighted by Crippen LogP contribution is 2.17. The Labute approximate surface area is 128 Å². The van der Waals surface area contributed by atoms with E-state index in [1.165, 1.54) is 32.1 Å². The Bertz CT molecular complexity index is 371. The van der Waals surface area contributed by atoms with Crippen LogP contribution in [0.15, 0.2) is 12.1 Å². The number of unbranched alkanes of at least 4 members (excludes halogenated alkanes) is 5. The van der Waals surface area contributed by atoms with Crippen LogP contribution < -0.4 is 5.32 Å². The van der Waals surface area contributed by atoms with Crippen LogP contribution in [0.5, 0.6) is 0 Å². The molecule has 0 bridgehead atoms. The van der Waals surface area contributed by atoms with Crippen LogP contribution in [0.25, 0.3) is 0 Å². The molecule has 0 fully saturated rings. The maximum Gasteiger partial charge on any atom is 0.126 e. The van der Waals surface area contributed by atoms with Crippen LogP contribution in [0.1, 0.15) is 58.1 Å². The molecule has 1 rings (SSSR count). The van der Waals surface area contributed by atoms with E-state index in [1.807, 2.05) is 19.1 Å². The van der Waals surface area contributed by atoms with E-state index < -0.39 is 0 Å². The van der Waals surface area contributed by atoms with Crippen LogP contribution in [0, 0.1) is 0 Å². The first-order chi connectivity index (χ1) is 9.77. The molecule has 1 N–H and O–H groups in total. The van der Waals surface area contributed by atoms with Crippen molar-refractivity contribution in [2.24, 2.45) is 0 Å². The van der Waals surface area contributed by atoms with Gasteiger partial charge in [0.2, 0.25) is 0 Å². The quantitative estimate of drug-likeness (QED) is 0.581. The van der Waals surface area contributed by atoms with Crippen LogP contribution >= 0.6 is 11.6 Å². The molecule has 1 heterocycles. The number of hydrogen-bond acceptors (Lipinski definition) is 3. The summed E-state index contributed by atoms with van der Waals surface area (Å²) in [4.78, 5) is 4.45. The summed E-state index contributed by atoms with van der Waals surface area (Å²) in [5.74, 6) is 0.857. The number of ether oxygens (including phenoxy) is 1. The lowest BCUT2D eigenvalue weighted by Crippen LogP contribution is -2.03. The summed E-state index contributed by atoms with van der Waals surface area (Å²) in [5.41, 5.74) is 0.816. The first kappa shape index (κ1) is 17.3. The van der Waals surface area contributed by atoms with E-state index in [4.69, 9.17) is 16.3 Å². The molecule has 0 aliphatic heterocycles. The van der Waals surface area contributed by atoms with Gasteiger partial charge < -0.3 is 10.1 Å². The lowest BCUT2D eigenvalue weighted by Gasteiger charge is -2.08. The van der Waals surface area contributed by atoms with E-state index in [0.717, 1.165) is 31.1 Å². The standard InChI is InChI=1S/C16H27ClN2O/c1-3-5-6-7-8-9-12-20-13-15-14(17)10-11-16(19-15)18-4-2/h10-11H,3-9,12-13H2,1-2H3,(H,18,19). The van der Waals surface area contributed by atoms with Crippen molar-refractivity contribution in [3.8, 4) is 0 Å². The maximum absolute atomic E-state index is 6.12. The predicted molar refractivity (Wildman–Crippen MR) is 86.4 cm³/mol. The van der Waals surface area contributed by atoms with Gasteiger partial charge in [-0.05, 0) is 25.5 Å². The molecule has 0 aliphatic carbocycles. The molecule has 0 aliphatic rings. The summed E-state index contributed by atoms with van der Waals surface area (Å²) in [6, 6.07) is 3.76. The number of pyridine rings is 1. The van der Waals surface area contributed by atoms with Crippen molar-refractivity contribution < 1.29 is 4.74 Å². The van der Waals surface area contributed by atoms with E-state index in [2.05, 4.69) is 17.2 Å². The van der Waals surface area contributed by atoms with Crippen LogP contribution in [0.4, 0.5) is 5.82 Å². The van der Waals surface area contributed by atoms with Gasteiger partial charge in [0, 0.05) is 13.2 Å². The number of nitrogens with zero attached hydrogens (tertiary/aromatic N) is 1. The summed E-state index contributed by atoms with van der Waals surface area (Å²) in [6.07, 6.45) is 7.66. The summed E-state index contributed by atoms with van der Waals surface area (Å²) in [6.45, 7) is 6.42. The van der Waals surface area contributed by atoms with Crippen molar-refractivity contribution in [3.05, 3.63) is 22.8 Å². The highest BCUT2D eigenvalue weighted by Gasteiger charge is 2.04. The lowest BCUT2D eigenvalue weighted by molar-refractivity contribution is 0.114. The Kier molecular flexibility index (Phi) is 9.42. The Morgan fingerprint density at radius 1 is 1.10 bits per heavy atom. The maximum atomic E-state index is 6.12.